The highest BCUT2D eigenvalue weighted by Gasteiger charge is 2.13. The van der Waals surface area contributed by atoms with Crippen LogP contribution in [0.1, 0.15) is 10.4 Å². The number of nitro groups is 1. The number of nitrogens with one attached hydrogen (secondary N) is 1. The summed E-state index contributed by atoms with van der Waals surface area (Å²) in [4.78, 5) is 20.4. The second-order valence-corrected chi connectivity index (χ2v) is 4.05. The third-order valence-corrected chi connectivity index (χ3v) is 2.64. The zero-order chi connectivity index (χ0) is 15.6. The predicted octanol–water partition coefficient (Wildman–Crippen LogP) is 3.31. The van der Waals surface area contributed by atoms with Gasteiger partial charge in [-0.15, -0.1) is 0 Å². The third-order valence-electron chi connectivity index (χ3n) is 2.64. The molecule has 0 radical (unpaired) electrons. The smallest absolute Gasteiger partial charge is 0.338 e. The van der Waals surface area contributed by atoms with Crippen molar-refractivity contribution in [3.05, 3.63) is 63.7 Å². The number of nitrogens with zero attached hydrogens (tertiary/aromatic N) is 1. The van der Waals surface area contributed by atoms with Crippen molar-refractivity contribution in [2.45, 2.75) is 0 Å². The van der Waals surface area contributed by atoms with Crippen molar-refractivity contribution >= 4 is 23.0 Å². The molecule has 2 N–H and O–H groups in total. The van der Waals surface area contributed by atoms with Gasteiger partial charge in [0.25, 0.3) is 5.69 Å². The number of rotatable bonds is 4. The zero-order valence-electron chi connectivity index (χ0n) is 10.3. The van der Waals surface area contributed by atoms with E-state index in [0.717, 1.165) is 30.3 Å². The lowest BCUT2D eigenvalue weighted by Crippen LogP contribution is -2.02. The number of halogens is 2. The Morgan fingerprint density at radius 3 is 2.38 bits per heavy atom. The van der Waals surface area contributed by atoms with Crippen LogP contribution in [0.5, 0.6) is 0 Å². The summed E-state index contributed by atoms with van der Waals surface area (Å²) in [6, 6.07) is 6.13. The van der Waals surface area contributed by atoms with Gasteiger partial charge in [0, 0.05) is 11.8 Å². The molecule has 8 heteroatoms. The van der Waals surface area contributed by atoms with Gasteiger partial charge in [0.05, 0.1) is 22.2 Å². The number of aromatic carboxylic acids is 1. The van der Waals surface area contributed by atoms with Crippen LogP contribution in [0.4, 0.5) is 25.8 Å². The number of anilines is 2. The second kappa shape index (κ2) is 5.53. The van der Waals surface area contributed by atoms with Gasteiger partial charge in [-0.3, -0.25) is 10.1 Å². The van der Waals surface area contributed by atoms with Crippen LogP contribution in [0.3, 0.4) is 0 Å². The molecular formula is C13H8F2N2O4. The van der Waals surface area contributed by atoms with Gasteiger partial charge in [0.2, 0.25) is 0 Å². The molecule has 2 rings (SSSR count). The predicted molar refractivity (Wildman–Crippen MR) is 69.7 cm³/mol. The Morgan fingerprint density at radius 1 is 1.14 bits per heavy atom. The summed E-state index contributed by atoms with van der Waals surface area (Å²) in [5.74, 6) is -3.28. The van der Waals surface area contributed by atoms with Crippen LogP contribution in [-0.4, -0.2) is 16.0 Å². The van der Waals surface area contributed by atoms with E-state index < -0.39 is 33.8 Å². The lowest BCUT2D eigenvalue weighted by molar-refractivity contribution is -0.385. The van der Waals surface area contributed by atoms with Crippen molar-refractivity contribution in [3.8, 4) is 0 Å². The standard InChI is InChI=1S/C13H8F2N2O4/c14-10-5-7(1-3-9(10)13(18)19)16-12-4-2-8(17(20)21)6-11(12)15/h1-6,16H,(H,18,19). The molecule has 0 saturated carbocycles. The molecule has 2 aromatic rings. The first-order valence-corrected chi connectivity index (χ1v) is 5.62. The van der Waals surface area contributed by atoms with Gasteiger partial charge in [-0.1, -0.05) is 0 Å². The Hall–Kier alpha value is -3.03. The number of benzene rings is 2. The maximum atomic E-state index is 13.6. The molecule has 21 heavy (non-hydrogen) atoms. The van der Waals surface area contributed by atoms with Gasteiger partial charge in [0.15, 0.2) is 5.82 Å². The van der Waals surface area contributed by atoms with Gasteiger partial charge in [-0.05, 0) is 24.3 Å². The van der Waals surface area contributed by atoms with Crippen LogP contribution in [0, 0.1) is 21.7 Å². The van der Waals surface area contributed by atoms with Crippen LogP contribution in [0.15, 0.2) is 36.4 Å². The minimum atomic E-state index is -1.42. The highest BCUT2D eigenvalue weighted by Crippen LogP contribution is 2.25. The summed E-state index contributed by atoms with van der Waals surface area (Å²) in [6.45, 7) is 0. The molecule has 0 aliphatic carbocycles. The number of hydrogen-bond acceptors (Lipinski definition) is 4. The zero-order valence-corrected chi connectivity index (χ0v) is 10.3. The third kappa shape index (κ3) is 3.11. The molecule has 6 nitrogen and oxygen atoms in total. The van der Waals surface area contributed by atoms with Gasteiger partial charge in [0.1, 0.15) is 5.82 Å². The minimum Gasteiger partial charge on any atom is -0.478 e. The molecule has 0 unspecified atom stereocenters. The summed E-state index contributed by atoms with van der Waals surface area (Å²) in [6.07, 6.45) is 0. The Kier molecular flexibility index (Phi) is 3.79. The SMILES string of the molecule is O=C(O)c1ccc(Nc2ccc([N+](=O)[O-])cc2F)cc1F. The molecule has 0 fully saturated rings. The highest BCUT2D eigenvalue weighted by molar-refractivity contribution is 5.88. The molecule has 2 aromatic carbocycles. The molecule has 0 spiro atoms. The summed E-state index contributed by atoms with van der Waals surface area (Å²) in [5, 5.41) is 21.7. The average molecular weight is 294 g/mol. The van der Waals surface area contributed by atoms with E-state index in [-0.39, 0.29) is 11.4 Å². The van der Waals surface area contributed by atoms with Gasteiger partial charge in [-0.2, -0.15) is 0 Å². The van der Waals surface area contributed by atoms with E-state index in [1.807, 2.05) is 0 Å². The summed E-state index contributed by atoms with van der Waals surface area (Å²) in [5.41, 5.74) is -0.900. The summed E-state index contributed by atoms with van der Waals surface area (Å²) >= 11 is 0. The molecule has 0 aromatic heterocycles. The van der Waals surface area contributed by atoms with Crippen LogP contribution >= 0.6 is 0 Å². The van der Waals surface area contributed by atoms with Gasteiger partial charge >= 0.3 is 5.97 Å². The van der Waals surface area contributed by atoms with Crippen LogP contribution in [-0.2, 0) is 0 Å². The first-order valence-electron chi connectivity index (χ1n) is 5.62. The van der Waals surface area contributed by atoms with Crippen LogP contribution in [0.2, 0.25) is 0 Å². The van der Waals surface area contributed by atoms with Gasteiger partial charge in [-0.25, -0.2) is 13.6 Å². The second-order valence-electron chi connectivity index (χ2n) is 4.05. The average Bonchev–Trinajstić information content (AvgIpc) is 2.40. The number of hydrogen-bond donors (Lipinski definition) is 2. The largest absolute Gasteiger partial charge is 0.478 e. The molecule has 108 valence electrons. The van der Waals surface area contributed by atoms with E-state index in [2.05, 4.69) is 5.32 Å². The number of carboxylic acid groups (broad SMARTS) is 1. The van der Waals surface area contributed by atoms with E-state index in [1.165, 1.54) is 6.07 Å². The fourth-order valence-electron chi connectivity index (χ4n) is 1.64. The van der Waals surface area contributed by atoms with Gasteiger partial charge < -0.3 is 10.4 Å². The van der Waals surface area contributed by atoms with E-state index >= 15 is 0 Å². The van der Waals surface area contributed by atoms with Crippen molar-refractivity contribution in [1.82, 2.24) is 0 Å². The lowest BCUT2D eigenvalue weighted by atomic mass is 10.2. The lowest BCUT2D eigenvalue weighted by Gasteiger charge is -2.08. The fraction of sp³-hybridized carbons (Fsp3) is 0. The minimum absolute atomic E-state index is 0.0944. The molecule has 0 aliphatic heterocycles. The van der Waals surface area contributed by atoms with Crippen molar-refractivity contribution < 1.29 is 23.6 Å². The van der Waals surface area contributed by atoms with Crippen molar-refractivity contribution in [2.75, 3.05) is 5.32 Å². The molecule has 0 heterocycles. The van der Waals surface area contributed by atoms with Crippen LogP contribution < -0.4 is 5.32 Å². The molecule has 0 amide bonds. The Labute approximate surface area is 116 Å². The van der Waals surface area contributed by atoms with E-state index in [4.69, 9.17) is 5.11 Å². The maximum absolute atomic E-state index is 13.6. The first-order chi connectivity index (χ1) is 9.88. The van der Waals surface area contributed by atoms with Crippen molar-refractivity contribution in [2.24, 2.45) is 0 Å². The Morgan fingerprint density at radius 2 is 1.86 bits per heavy atom. The maximum Gasteiger partial charge on any atom is 0.338 e. The molecule has 0 atom stereocenters. The van der Waals surface area contributed by atoms with Crippen molar-refractivity contribution in [3.63, 3.8) is 0 Å². The first kappa shape index (κ1) is 14.4. The van der Waals surface area contributed by atoms with E-state index in [9.17, 15) is 23.7 Å². The Bertz CT molecular complexity index is 734. The number of non-ortho nitro benzene ring substituents is 1. The Balaban J connectivity index is 2.28. The van der Waals surface area contributed by atoms with E-state index in [1.54, 1.807) is 0 Å². The number of carboxylic acids is 1. The van der Waals surface area contributed by atoms with Crippen LogP contribution in [0.25, 0.3) is 0 Å². The summed E-state index contributed by atoms with van der Waals surface area (Å²) in [7, 11) is 0. The topological polar surface area (TPSA) is 92.5 Å². The van der Waals surface area contributed by atoms with E-state index in [0.29, 0.717) is 0 Å². The molecular weight excluding hydrogens is 286 g/mol. The molecule has 0 aliphatic rings. The molecule has 0 bridgehead atoms. The monoisotopic (exact) mass is 294 g/mol. The molecule has 0 saturated heterocycles. The highest BCUT2D eigenvalue weighted by atomic mass is 19.1. The summed E-state index contributed by atoms with van der Waals surface area (Å²) < 4.78 is 27.1. The quantitative estimate of drug-likeness (QED) is 0.666. The van der Waals surface area contributed by atoms with Crippen molar-refractivity contribution in [1.29, 1.82) is 0 Å². The number of carbonyl (C=O) groups is 1. The normalized spacial score (nSPS) is 10.2. The fourth-order valence-corrected chi connectivity index (χ4v) is 1.64. The number of nitro benzene ring substituents is 1.